The maximum absolute atomic E-state index is 11.3. The number of carbonyl (C=O) groups excluding carboxylic acids is 1. The Kier molecular flexibility index (Phi) is 3.78. The van der Waals surface area contributed by atoms with Crippen molar-refractivity contribution >= 4 is 33.9 Å². The van der Waals surface area contributed by atoms with E-state index in [1.54, 1.807) is 5.38 Å². The molecule has 4 nitrogen and oxygen atoms in total. The highest BCUT2D eigenvalue weighted by Crippen LogP contribution is 2.22. The molecule has 0 amide bonds. The number of Topliss-reactive ketones (excluding diaryl/α,β-unsaturated/α-hetero) is 1. The van der Waals surface area contributed by atoms with Crippen LogP contribution in [0, 0.1) is 0 Å². The Morgan fingerprint density at radius 3 is 2.81 bits per heavy atom. The van der Waals surface area contributed by atoms with Crippen LogP contribution in [0.1, 0.15) is 10.5 Å². The number of anilines is 1. The summed E-state index contributed by atoms with van der Waals surface area (Å²) in [5.41, 5.74) is 0.494. The summed E-state index contributed by atoms with van der Waals surface area (Å²) >= 11 is 7.01. The van der Waals surface area contributed by atoms with Crippen molar-refractivity contribution in [1.82, 2.24) is 9.88 Å². The van der Waals surface area contributed by atoms with Crippen molar-refractivity contribution in [3.05, 3.63) is 11.1 Å². The Morgan fingerprint density at radius 2 is 2.19 bits per heavy atom. The minimum absolute atomic E-state index is 0.00586. The van der Waals surface area contributed by atoms with Crippen molar-refractivity contribution in [1.29, 1.82) is 0 Å². The second kappa shape index (κ2) is 5.12. The zero-order valence-electron chi connectivity index (χ0n) is 9.15. The molecule has 1 aromatic heterocycles. The number of nitrogens with zero attached hydrogens (tertiary/aromatic N) is 3. The minimum atomic E-state index is -0.0988. The molecule has 1 fully saturated rings. The number of rotatable bonds is 3. The average molecular weight is 260 g/mol. The topological polar surface area (TPSA) is 36.4 Å². The van der Waals surface area contributed by atoms with Crippen LogP contribution < -0.4 is 4.90 Å². The summed E-state index contributed by atoms with van der Waals surface area (Å²) < 4.78 is 0. The molecule has 1 aliphatic rings. The van der Waals surface area contributed by atoms with E-state index in [1.165, 1.54) is 11.3 Å². The number of hydrogen-bond acceptors (Lipinski definition) is 5. The van der Waals surface area contributed by atoms with Gasteiger partial charge in [-0.2, -0.15) is 0 Å². The lowest BCUT2D eigenvalue weighted by atomic mass is 10.3. The van der Waals surface area contributed by atoms with Gasteiger partial charge in [0.25, 0.3) is 0 Å². The van der Waals surface area contributed by atoms with Crippen LogP contribution in [0.25, 0.3) is 0 Å². The number of alkyl halides is 1. The van der Waals surface area contributed by atoms with Crippen molar-refractivity contribution in [2.45, 2.75) is 0 Å². The number of carbonyl (C=O) groups is 1. The van der Waals surface area contributed by atoms with E-state index in [9.17, 15) is 4.79 Å². The van der Waals surface area contributed by atoms with Gasteiger partial charge in [0.1, 0.15) is 5.69 Å². The average Bonchev–Trinajstić information content (AvgIpc) is 2.78. The highest BCUT2D eigenvalue weighted by Gasteiger charge is 2.18. The standard InChI is InChI=1S/C10H14ClN3OS/c1-13-2-4-14(5-3-13)10-12-8(7-16-10)9(15)6-11/h7H,2-6H2,1H3. The zero-order valence-corrected chi connectivity index (χ0v) is 10.7. The fraction of sp³-hybridized carbons (Fsp3) is 0.600. The zero-order chi connectivity index (χ0) is 11.5. The van der Waals surface area contributed by atoms with Gasteiger partial charge in [-0.25, -0.2) is 4.98 Å². The molecular weight excluding hydrogens is 246 g/mol. The first-order chi connectivity index (χ1) is 7.70. The van der Waals surface area contributed by atoms with Crippen molar-refractivity contribution in [2.75, 3.05) is 44.0 Å². The number of aromatic nitrogens is 1. The van der Waals surface area contributed by atoms with Gasteiger partial charge in [-0.3, -0.25) is 4.79 Å². The van der Waals surface area contributed by atoms with Crippen molar-refractivity contribution in [3.63, 3.8) is 0 Å². The number of likely N-dealkylation sites (N-methyl/N-ethyl adjacent to an activating group) is 1. The van der Waals surface area contributed by atoms with Gasteiger partial charge in [0.15, 0.2) is 10.9 Å². The van der Waals surface area contributed by atoms with Gasteiger partial charge in [-0.15, -0.1) is 22.9 Å². The third-order valence-electron chi connectivity index (χ3n) is 2.67. The Hall–Kier alpha value is -0.650. The summed E-state index contributed by atoms with van der Waals surface area (Å²) in [7, 11) is 2.11. The first kappa shape index (κ1) is 11.8. The van der Waals surface area contributed by atoms with Gasteiger partial charge in [-0.05, 0) is 7.05 Å². The molecule has 1 saturated heterocycles. The van der Waals surface area contributed by atoms with Crippen molar-refractivity contribution in [2.24, 2.45) is 0 Å². The van der Waals surface area contributed by atoms with Crippen molar-refractivity contribution in [3.8, 4) is 0 Å². The number of ketones is 1. The highest BCUT2D eigenvalue weighted by atomic mass is 35.5. The lowest BCUT2D eigenvalue weighted by molar-refractivity contribution is 0.101. The Labute approximate surface area is 104 Å². The first-order valence-electron chi connectivity index (χ1n) is 5.19. The van der Waals surface area contributed by atoms with E-state index in [1.807, 2.05) is 0 Å². The molecule has 0 aliphatic carbocycles. The minimum Gasteiger partial charge on any atom is -0.346 e. The maximum Gasteiger partial charge on any atom is 0.196 e. The molecule has 6 heteroatoms. The molecule has 2 heterocycles. The fourth-order valence-corrected chi connectivity index (χ4v) is 2.62. The monoisotopic (exact) mass is 259 g/mol. The van der Waals surface area contributed by atoms with E-state index < -0.39 is 0 Å². The van der Waals surface area contributed by atoms with Crippen LogP contribution in [0.5, 0.6) is 0 Å². The number of halogens is 1. The lowest BCUT2D eigenvalue weighted by Crippen LogP contribution is -2.44. The Morgan fingerprint density at radius 1 is 1.50 bits per heavy atom. The van der Waals surface area contributed by atoms with Crippen LogP contribution in [0.2, 0.25) is 0 Å². The molecule has 0 N–H and O–H groups in total. The van der Waals surface area contributed by atoms with E-state index in [0.29, 0.717) is 5.69 Å². The summed E-state index contributed by atoms with van der Waals surface area (Å²) in [5, 5.41) is 2.72. The van der Waals surface area contributed by atoms with Gasteiger partial charge < -0.3 is 9.80 Å². The lowest BCUT2D eigenvalue weighted by Gasteiger charge is -2.32. The second-order valence-corrected chi connectivity index (χ2v) is 4.97. The molecule has 2 rings (SSSR count). The predicted molar refractivity (Wildman–Crippen MR) is 66.9 cm³/mol. The largest absolute Gasteiger partial charge is 0.346 e. The van der Waals surface area contributed by atoms with Gasteiger partial charge >= 0.3 is 0 Å². The molecule has 0 atom stereocenters. The quantitative estimate of drug-likeness (QED) is 0.606. The van der Waals surface area contributed by atoms with E-state index in [0.717, 1.165) is 31.3 Å². The molecule has 0 unspecified atom stereocenters. The molecule has 1 aromatic rings. The van der Waals surface area contributed by atoms with Crippen LogP contribution in [0.15, 0.2) is 5.38 Å². The molecule has 0 spiro atoms. The number of thiazole rings is 1. The molecule has 1 aliphatic heterocycles. The van der Waals surface area contributed by atoms with Gasteiger partial charge in [-0.1, -0.05) is 0 Å². The maximum atomic E-state index is 11.3. The summed E-state index contributed by atoms with van der Waals surface area (Å²) in [6.07, 6.45) is 0. The number of hydrogen-bond donors (Lipinski definition) is 0. The number of piperazine rings is 1. The normalized spacial score (nSPS) is 17.8. The molecule has 0 aromatic carbocycles. The summed E-state index contributed by atoms with van der Waals surface area (Å²) in [5.74, 6) is -0.0929. The fourth-order valence-electron chi connectivity index (χ4n) is 1.60. The predicted octanol–water partition coefficient (Wildman–Crippen LogP) is 1.32. The van der Waals surface area contributed by atoms with Crippen molar-refractivity contribution < 1.29 is 4.79 Å². The third-order valence-corrected chi connectivity index (χ3v) is 3.82. The molecule has 0 saturated carbocycles. The van der Waals surface area contributed by atoms with Crippen LogP contribution in [0.4, 0.5) is 5.13 Å². The highest BCUT2D eigenvalue weighted by molar-refractivity contribution is 7.14. The molecule has 16 heavy (non-hydrogen) atoms. The molecule has 88 valence electrons. The summed E-state index contributed by atoms with van der Waals surface area (Å²) in [4.78, 5) is 20.2. The first-order valence-corrected chi connectivity index (χ1v) is 6.60. The van der Waals surface area contributed by atoms with Crippen LogP contribution >= 0.6 is 22.9 Å². The molecule has 0 bridgehead atoms. The van der Waals surface area contributed by atoms with Gasteiger partial charge in [0.2, 0.25) is 0 Å². The molecular formula is C10H14ClN3OS. The second-order valence-electron chi connectivity index (χ2n) is 3.86. The third kappa shape index (κ3) is 2.53. The summed E-state index contributed by atoms with van der Waals surface area (Å²) in [6, 6.07) is 0. The van der Waals surface area contributed by atoms with E-state index >= 15 is 0 Å². The Bertz CT molecular complexity index is 374. The van der Waals surface area contributed by atoms with Gasteiger partial charge in [0, 0.05) is 31.6 Å². The molecule has 0 radical (unpaired) electrons. The van der Waals surface area contributed by atoms with Gasteiger partial charge in [0.05, 0.1) is 5.88 Å². The smallest absolute Gasteiger partial charge is 0.196 e. The Balaban J connectivity index is 2.04. The van der Waals surface area contributed by atoms with E-state index in [2.05, 4.69) is 21.8 Å². The SMILES string of the molecule is CN1CCN(c2nc(C(=O)CCl)cs2)CC1. The van der Waals surface area contributed by atoms with E-state index in [4.69, 9.17) is 11.6 Å². The van der Waals surface area contributed by atoms with Crippen LogP contribution in [0.3, 0.4) is 0 Å². The van der Waals surface area contributed by atoms with E-state index in [-0.39, 0.29) is 11.7 Å². The summed E-state index contributed by atoms with van der Waals surface area (Å²) in [6.45, 7) is 4.02. The van der Waals surface area contributed by atoms with Crippen LogP contribution in [-0.4, -0.2) is 54.8 Å². The van der Waals surface area contributed by atoms with Crippen LogP contribution in [-0.2, 0) is 0 Å².